The molecular weight excluding hydrogens is 322 g/mol. The van der Waals surface area contributed by atoms with E-state index in [1.54, 1.807) is 42.5 Å². The fraction of sp³-hybridized carbons (Fsp3) is 0.158. The lowest BCUT2D eigenvalue weighted by Crippen LogP contribution is -2.13. The number of anilines is 1. The van der Waals surface area contributed by atoms with Crippen LogP contribution in [0.25, 0.3) is 6.08 Å². The van der Waals surface area contributed by atoms with Crippen molar-refractivity contribution in [1.29, 1.82) is 0 Å². The van der Waals surface area contributed by atoms with E-state index in [1.807, 2.05) is 6.92 Å². The van der Waals surface area contributed by atoms with Crippen molar-refractivity contribution in [2.45, 2.75) is 6.92 Å². The number of benzene rings is 2. The maximum Gasteiger partial charge on any atom is 0.374 e. The minimum Gasteiger partial charge on any atom is -0.495 e. The third-order valence-electron chi connectivity index (χ3n) is 3.49. The van der Waals surface area contributed by atoms with E-state index in [-0.39, 0.29) is 5.76 Å². The predicted octanol–water partition coefficient (Wildman–Crippen LogP) is 2.96. The van der Waals surface area contributed by atoms with Crippen LogP contribution in [-0.4, -0.2) is 26.2 Å². The number of rotatable bonds is 5. The van der Waals surface area contributed by atoms with Gasteiger partial charge in [-0.1, -0.05) is 18.2 Å². The molecule has 0 aromatic heterocycles. The van der Waals surface area contributed by atoms with E-state index in [0.717, 1.165) is 5.56 Å². The highest BCUT2D eigenvalue weighted by Crippen LogP contribution is 2.28. The molecule has 2 N–H and O–H groups in total. The smallest absolute Gasteiger partial charge is 0.374 e. The average molecular weight is 341 g/mol. The molecule has 0 radical (unpaired) electrons. The van der Waals surface area contributed by atoms with Gasteiger partial charge in [0.1, 0.15) is 5.75 Å². The van der Waals surface area contributed by atoms with E-state index < -0.39 is 11.9 Å². The Labute approximate surface area is 145 Å². The number of aryl methyl sites for hydroxylation is 1. The molecule has 0 aliphatic heterocycles. The molecule has 2 rings (SSSR count). The van der Waals surface area contributed by atoms with Gasteiger partial charge in [0.2, 0.25) is 5.76 Å². The second kappa shape index (κ2) is 8.01. The van der Waals surface area contributed by atoms with Crippen LogP contribution < -0.4 is 10.5 Å². The first-order chi connectivity index (χ1) is 12.0. The average Bonchev–Trinajstić information content (AvgIpc) is 2.63. The maximum atomic E-state index is 12.2. The Bertz CT molecular complexity index is 812. The lowest BCUT2D eigenvalue weighted by molar-refractivity contribution is -0.139. The molecule has 0 heterocycles. The van der Waals surface area contributed by atoms with Gasteiger partial charge in [-0.2, -0.15) is 0 Å². The van der Waals surface area contributed by atoms with Crippen LogP contribution in [0, 0.1) is 6.92 Å². The van der Waals surface area contributed by atoms with E-state index in [1.165, 1.54) is 20.3 Å². The Morgan fingerprint density at radius 2 is 1.76 bits per heavy atom. The summed E-state index contributed by atoms with van der Waals surface area (Å²) in [5.74, 6) is -1.19. The van der Waals surface area contributed by atoms with Crippen LogP contribution in [0.1, 0.15) is 21.5 Å². The normalized spacial score (nSPS) is 10.9. The van der Waals surface area contributed by atoms with Gasteiger partial charge in [0.05, 0.1) is 25.5 Å². The Morgan fingerprint density at radius 3 is 2.36 bits per heavy atom. The van der Waals surface area contributed by atoms with Crippen LogP contribution in [0.3, 0.4) is 0 Å². The number of nitrogens with two attached hydrogens (primary N) is 1. The Kier molecular flexibility index (Phi) is 5.79. The van der Waals surface area contributed by atoms with Crippen molar-refractivity contribution in [3.8, 4) is 5.75 Å². The topological polar surface area (TPSA) is 87.8 Å². The molecule has 0 bridgehead atoms. The number of methoxy groups -OCH3 is 2. The van der Waals surface area contributed by atoms with Crippen LogP contribution >= 0.6 is 0 Å². The van der Waals surface area contributed by atoms with Crippen molar-refractivity contribution in [3.63, 3.8) is 0 Å². The van der Waals surface area contributed by atoms with Gasteiger partial charge in [-0.15, -0.1) is 0 Å². The molecule has 0 unspecified atom stereocenters. The van der Waals surface area contributed by atoms with E-state index in [2.05, 4.69) is 0 Å². The summed E-state index contributed by atoms with van der Waals surface area (Å²) in [5.41, 5.74) is 8.09. The van der Waals surface area contributed by atoms with Gasteiger partial charge in [-0.25, -0.2) is 9.59 Å². The number of hydrogen-bond donors (Lipinski definition) is 1. The Morgan fingerprint density at radius 1 is 1.08 bits per heavy atom. The van der Waals surface area contributed by atoms with E-state index in [4.69, 9.17) is 19.9 Å². The molecular formula is C19H19NO5. The monoisotopic (exact) mass is 341 g/mol. The number of nitrogen functional groups attached to an aromatic ring is 1. The predicted molar refractivity (Wildman–Crippen MR) is 94.0 cm³/mol. The molecule has 0 aliphatic carbocycles. The van der Waals surface area contributed by atoms with Gasteiger partial charge >= 0.3 is 11.9 Å². The second-order valence-electron chi connectivity index (χ2n) is 5.21. The molecule has 0 spiro atoms. The van der Waals surface area contributed by atoms with Crippen LogP contribution in [0.4, 0.5) is 5.69 Å². The third kappa shape index (κ3) is 4.38. The highest BCUT2D eigenvalue weighted by atomic mass is 16.6. The zero-order valence-corrected chi connectivity index (χ0v) is 14.2. The maximum absolute atomic E-state index is 12.2. The second-order valence-corrected chi connectivity index (χ2v) is 5.21. The SMILES string of the molecule is COC(=O)/C(=C/c1cc(C)c(N)c(OC)c1)OC(=O)c1ccccc1. The summed E-state index contributed by atoms with van der Waals surface area (Å²) < 4.78 is 15.1. The number of hydrogen-bond acceptors (Lipinski definition) is 6. The van der Waals surface area contributed by atoms with Crippen LogP contribution in [-0.2, 0) is 14.3 Å². The standard InChI is InChI=1S/C19H19NO5/c1-12-9-13(10-15(23-2)17(12)20)11-16(19(22)24-3)25-18(21)14-7-5-4-6-8-14/h4-11H,20H2,1-3H3/b16-11-. The van der Waals surface area contributed by atoms with Crippen molar-refractivity contribution >= 4 is 23.7 Å². The van der Waals surface area contributed by atoms with Crippen molar-refractivity contribution in [2.75, 3.05) is 20.0 Å². The molecule has 0 fully saturated rings. The third-order valence-corrected chi connectivity index (χ3v) is 3.49. The first-order valence-electron chi connectivity index (χ1n) is 7.47. The molecule has 2 aromatic rings. The molecule has 0 amide bonds. The summed E-state index contributed by atoms with van der Waals surface area (Å²) in [6.07, 6.45) is 1.40. The van der Waals surface area contributed by atoms with Crippen molar-refractivity contribution in [1.82, 2.24) is 0 Å². The van der Waals surface area contributed by atoms with Gasteiger partial charge in [0.25, 0.3) is 0 Å². The summed E-state index contributed by atoms with van der Waals surface area (Å²) in [6, 6.07) is 11.7. The van der Waals surface area contributed by atoms with Gasteiger partial charge < -0.3 is 19.9 Å². The van der Waals surface area contributed by atoms with Crippen molar-refractivity contribution in [2.24, 2.45) is 0 Å². The molecule has 0 saturated heterocycles. The van der Waals surface area contributed by atoms with Crippen LogP contribution in [0.2, 0.25) is 0 Å². The first-order valence-corrected chi connectivity index (χ1v) is 7.47. The minimum absolute atomic E-state index is 0.234. The molecule has 6 nitrogen and oxygen atoms in total. The Hall–Kier alpha value is -3.28. The minimum atomic E-state index is -0.766. The molecule has 0 atom stereocenters. The molecule has 6 heteroatoms. The lowest BCUT2D eigenvalue weighted by Gasteiger charge is -2.10. The summed E-state index contributed by atoms with van der Waals surface area (Å²) in [6.45, 7) is 1.81. The van der Waals surface area contributed by atoms with Gasteiger partial charge in [-0.3, -0.25) is 0 Å². The zero-order chi connectivity index (χ0) is 18.4. The van der Waals surface area contributed by atoms with Crippen LogP contribution in [0.15, 0.2) is 48.2 Å². The summed E-state index contributed by atoms with van der Waals surface area (Å²) in [7, 11) is 2.70. The molecule has 2 aromatic carbocycles. The Balaban J connectivity index is 2.38. The summed E-state index contributed by atoms with van der Waals surface area (Å²) in [5, 5.41) is 0. The molecule has 0 saturated carbocycles. The molecule has 25 heavy (non-hydrogen) atoms. The first kappa shape index (κ1) is 18.1. The van der Waals surface area contributed by atoms with E-state index in [9.17, 15) is 9.59 Å². The molecule has 0 aliphatic rings. The highest BCUT2D eigenvalue weighted by molar-refractivity contribution is 5.98. The van der Waals surface area contributed by atoms with E-state index in [0.29, 0.717) is 22.6 Å². The van der Waals surface area contributed by atoms with Crippen molar-refractivity contribution in [3.05, 3.63) is 64.9 Å². The summed E-state index contributed by atoms with van der Waals surface area (Å²) >= 11 is 0. The molecule has 130 valence electrons. The fourth-order valence-electron chi connectivity index (χ4n) is 2.16. The van der Waals surface area contributed by atoms with E-state index >= 15 is 0 Å². The van der Waals surface area contributed by atoms with Crippen LogP contribution in [0.5, 0.6) is 5.75 Å². The number of esters is 2. The fourth-order valence-corrected chi connectivity index (χ4v) is 2.16. The zero-order valence-electron chi connectivity index (χ0n) is 14.2. The quantitative estimate of drug-likeness (QED) is 0.389. The number of carbonyl (C=O) groups is 2. The van der Waals surface area contributed by atoms with Gasteiger partial charge in [-0.05, 0) is 48.4 Å². The summed E-state index contributed by atoms with van der Waals surface area (Å²) in [4.78, 5) is 24.2. The largest absolute Gasteiger partial charge is 0.495 e. The van der Waals surface area contributed by atoms with Crippen molar-refractivity contribution < 1.29 is 23.8 Å². The van der Waals surface area contributed by atoms with Gasteiger partial charge in [0, 0.05) is 0 Å². The lowest BCUT2D eigenvalue weighted by atomic mass is 10.1. The van der Waals surface area contributed by atoms with Gasteiger partial charge in [0.15, 0.2) is 0 Å². The number of ether oxygens (including phenoxy) is 3. The highest BCUT2D eigenvalue weighted by Gasteiger charge is 2.18. The number of carbonyl (C=O) groups excluding carboxylic acids is 2.